The second kappa shape index (κ2) is 13.0. The Labute approximate surface area is 219 Å². The van der Waals surface area contributed by atoms with E-state index in [1.54, 1.807) is 35.3 Å². The van der Waals surface area contributed by atoms with Gasteiger partial charge in [0.2, 0.25) is 0 Å². The van der Waals surface area contributed by atoms with Crippen LogP contribution in [0, 0.1) is 20.8 Å². The number of aryl methyl sites for hydroxylation is 2. The number of rotatable bonds is 7. The zero-order valence-electron chi connectivity index (χ0n) is 22.8. The molecule has 0 spiro atoms. The molecule has 0 atom stereocenters. The van der Waals surface area contributed by atoms with Crippen molar-refractivity contribution in [3.63, 3.8) is 0 Å². The maximum absolute atomic E-state index is 11.7. The van der Waals surface area contributed by atoms with Gasteiger partial charge in [-0.05, 0) is 96.0 Å². The van der Waals surface area contributed by atoms with Crippen molar-refractivity contribution in [3.05, 3.63) is 94.9 Å². The number of aromatic nitrogens is 3. The van der Waals surface area contributed by atoms with Crippen LogP contribution >= 0.6 is 0 Å². The summed E-state index contributed by atoms with van der Waals surface area (Å²) in [6.07, 6.45) is 7.01. The number of hydrogen-bond acceptors (Lipinski definition) is 7. The molecule has 194 valence electrons. The van der Waals surface area contributed by atoms with Crippen molar-refractivity contribution in [2.24, 2.45) is 16.5 Å². The van der Waals surface area contributed by atoms with Crippen LogP contribution in [0.5, 0.6) is 0 Å². The van der Waals surface area contributed by atoms with Crippen molar-refractivity contribution in [2.75, 3.05) is 5.32 Å². The maximum Gasteiger partial charge on any atom is 0.164 e. The third kappa shape index (κ3) is 8.03. The summed E-state index contributed by atoms with van der Waals surface area (Å²) in [5.41, 5.74) is 19.3. The summed E-state index contributed by atoms with van der Waals surface area (Å²) >= 11 is 0. The third-order valence-corrected chi connectivity index (χ3v) is 5.36. The number of ketones is 1. The summed E-state index contributed by atoms with van der Waals surface area (Å²) in [6.45, 7) is 17.0. The van der Waals surface area contributed by atoms with Crippen molar-refractivity contribution in [3.8, 4) is 5.82 Å². The first-order valence-electron chi connectivity index (χ1n) is 11.9. The van der Waals surface area contributed by atoms with Gasteiger partial charge in [-0.25, -0.2) is 9.67 Å². The smallest absolute Gasteiger partial charge is 0.164 e. The van der Waals surface area contributed by atoms with E-state index in [-0.39, 0.29) is 5.78 Å². The molecular weight excluding hydrogens is 462 g/mol. The quantitative estimate of drug-likeness (QED) is 0.211. The van der Waals surface area contributed by atoms with E-state index in [1.807, 2.05) is 65.8 Å². The number of nitrogens with one attached hydrogen (secondary N) is 1. The number of benzene rings is 1. The molecule has 0 aliphatic heterocycles. The molecule has 0 fully saturated rings. The fraction of sp³-hybridized carbons (Fsp3) is 0.241. The Hall–Kier alpha value is -4.46. The van der Waals surface area contributed by atoms with Gasteiger partial charge in [-0.2, -0.15) is 5.10 Å². The largest absolute Gasteiger partial charge is 0.402 e. The topological polar surface area (TPSA) is 124 Å². The molecule has 0 unspecified atom stereocenters. The molecule has 8 nitrogen and oxygen atoms in total. The Bertz CT molecular complexity index is 1370. The highest BCUT2D eigenvalue weighted by Crippen LogP contribution is 2.23. The van der Waals surface area contributed by atoms with Crippen molar-refractivity contribution in [2.45, 2.75) is 48.5 Å². The van der Waals surface area contributed by atoms with E-state index in [4.69, 9.17) is 11.5 Å². The second-order valence-corrected chi connectivity index (χ2v) is 8.76. The van der Waals surface area contributed by atoms with Crippen molar-refractivity contribution in [1.82, 2.24) is 14.8 Å². The highest BCUT2D eigenvalue weighted by Gasteiger charge is 2.15. The maximum atomic E-state index is 11.7. The number of hydrogen-bond donors (Lipinski definition) is 3. The molecule has 0 radical (unpaired) electrons. The summed E-state index contributed by atoms with van der Waals surface area (Å²) in [5.74, 6) is 1.10. The minimum absolute atomic E-state index is 0.0192. The van der Waals surface area contributed by atoms with Crippen LogP contribution in [0.4, 0.5) is 11.4 Å². The van der Waals surface area contributed by atoms with E-state index < -0.39 is 0 Å². The Morgan fingerprint density at radius 2 is 1.76 bits per heavy atom. The van der Waals surface area contributed by atoms with Crippen molar-refractivity contribution >= 4 is 28.9 Å². The number of aliphatic imine (C=N–C) groups is 1. The lowest BCUT2D eigenvalue weighted by Crippen LogP contribution is -2.09. The van der Waals surface area contributed by atoms with Gasteiger partial charge in [-0.3, -0.25) is 9.79 Å². The summed E-state index contributed by atoms with van der Waals surface area (Å²) < 4.78 is 1.70. The van der Waals surface area contributed by atoms with Gasteiger partial charge in [0, 0.05) is 28.9 Å². The van der Waals surface area contributed by atoms with Crippen molar-refractivity contribution in [1.29, 1.82) is 0 Å². The molecule has 0 bridgehead atoms. The van der Waals surface area contributed by atoms with Crippen LogP contribution in [0.15, 0.2) is 71.8 Å². The summed E-state index contributed by atoms with van der Waals surface area (Å²) in [5, 5.41) is 7.42. The number of nitrogens with two attached hydrogens (primary N) is 2. The molecule has 0 amide bonds. The predicted molar refractivity (Wildman–Crippen MR) is 154 cm³/mol. The van der Waals surface area contributed by atoms with Crippen LogP contribution in [0.2, 0.25) is 0 Å². The van der Waals surface area contributed by atoms with Crippen LogP contribution < -0.4 is 16.8 Å². The SMILES string of the molecule is C=C(C)c1cnn(-c2nc(C)ccc2C(C)=O)c1C.CC=Nc1cc(N/C(N)=C/C=C(/C)N)ccc1C. The second-order valence-electron chi connectivity index (χ2n) is 8.76. The molecule has 0 saturated heterocycles. The zero-order chi connectivity index (χ0) is 27.7. The highest BCUT2D eigenvalue weighted by molar-refractivity contribution is 5.97. The molecule has 2 aromatic heterocycles. The van der Waals surface area contributed by atoms with Crippen LogP contribution in [0.1, 0.15) is 60.6 Å². The van der Waals surface area contributed by atoms with Gasteiger partial charge in [0.15, 0.2) is 11.6 Å². The van der Waals surface area contributed by atoms with Crippen molar-refractivity contribution < 1.29 is 4.79 Å². The number of nitrogens with zero attached hydrogens (tertiary/aromatic N) is 4. The fourth-order valence-electron chi connectivity index (χ4n) is 3.42. The molecule has 0 aliphatic rings. The number of carbonyl (C=O) groups excluding carboxylic acids is 1. The Kier molecular flexibility index (Phi) is 10.1. The molecule has 37 heavy (non-hydrogen) atoms. The van der Waals surface area contributed by atoms with E-state index in [9.17, 15) is 4.79 Å². The molecule has 3 rings (SSSR count). The van der Waals surface area contributed by atoms with Crippen LogP contribution in [-0.2, 0) is 0 Å². The Balaban J connectivity index is 0.000000261. The molecule has 8 heteroatoms. The fourth-order valence-corrected chi connectivity index (χ4v) is 3.42. The van der Waals surface area contributed by atoms with E-state index >= 15 is 0 Å². The van der Waals surface area contributed by atoms with Crippen LogP contribution in [0.3, 0.4) is 0 Å². The van der Waals surface area contributed by atoms with Gasteiger partial charge in [-0.15, -0.1) is 0 Å². The van der Waals surface area contributed by atoms with Gasteiger partial charge in [0.1, 0.15) is 5.82 Å². The Morgan fingerprint density at radius 3 is 2.32 bits per heavy atom. The van der Waals surface area contributed by atoms with Crippen LogP contribution in [0.25, 0.3) is 11.4 Å². The number of Topliss-reactive ketones (excluding diaryl/α,β-unsaturated/α-hetero) is 1. The monoisotopic (exact) mass is 499 g/mol. The van der Waals surface area contributed by atoms with E-state index in [0.29, 0.717) is 22.9 Å². The normalized spacial score (nSPS) is 11.8. The number of carbonyl (C=O) groups is 1. The standard InChI is InChI=1S/C15H17N3O.C14H20N4/c1-9(2)14-8-16-18(11(14)4)15-13(12(5)19)7-6-10(3)17-15;1-4-17-13-9-12(7-5-10(13)2)18-14(16)8-6-11(3)15/h6-8H,1H2,2-5H3;4-9,18H,15-16H2,1-3H3/b;11-6-,14-8+,17-4?. The van der Waals surface area contributed by atoms with E-state index in [1.165, 1.54) is 6.92 Å². The molecule has 3 aromatic rings. The third-order valence-electron chi connectivity index (χ3n) is 5.36. The summed E-state index contributed by atoms with van der Waals surface area (Å²) in [7, 11) is 0. The number of anilines is 1. The summed E-state index contributed by atoms with van der Waals surface area (Å²) in [4.78, 5) is 20.4. The highest BCUT2D eigenvalue weighted by atomic mass is 16.1. The predicted octanol–water partition coefficient (Wildman–Crippen LogP) is 5.91. The molecule has 0 aliphatic carbocycles. The lowest BCUT2D eigenvalue weighted by atomic mass is 10.1. The minimum atomic E-state index is -0.0192. The van der Waals surface area contributed by atoms with Gasteiger partial charge in [-0.1, -0.05) is 12.6 Å². The molecule has 0 saturated carbocycles. The van der Waals surface area contributed by atoms with Gasteiger partial charge >= 0.3 is 0 Å². The average Bonchev–Trinajstić information content (AvgIpc) is 3.21. The molecular formula is C29H37N7O. The van der Waals surface area contributed by atoms with Gasteiger partial charge in [0.25, 0.3) is 0 Å². The number of allylic oxidation sites excluding steroid dienone is 4. The minimum Gasteiger partial charge on any atom is -0.402 e. The first-order chi connectivity index (χ1) is 17.4. The van der Waals surface area contributed by atoms with Crippen LogP contribution in [-0.4, -0.2) is 26.8 Å². The first kappa shape index (κ1) is 28.8. The lowest BCUT2D eigenvalue weighted by Gasteiger charge is -2.09. The Morgan fingerprint density at radius 1 is 1.05 bits per heavy atom. The van der Waals surface area contributed by atoms with E-state index in [0.717, 1.165) is 39.5 Å². The molecule has 2 heterocycles. The average molecular weight is 500 g/mol. The molecule has 1 aromatic carbocycles. The van der Waals surface area contributed by atoms with Gasteiger partial charge in [0.05, 0.1) is 23.1 Å². The van der Waals surface area contributed by atoms with Gasteiger partial charge < -0.3 is 16.8 Å². The van der Waals surface area contributed by atoms with E-state index in [2.05, 4.69) is 27.0 Å². The zero-order valence-corrected chi connectivity index (χ0v) is 22.8. The summed E-state index contributed by atoms with van der Waals surface area (Å²) in [6, 6.07) is 9.54. The molecule has 5 N–H and O–H groups in total. The number of pyridine rings is 1. The first-order valence-corrected chi connectivity index (χ1v) is 11.9. The lowest BCUT2D eigenvalue weighted by molar-refractivity contribution is 0.101.